The maximum absolute atomic E-state index is 11.6. The summed E-state index contributed by atoms with van der Waals surface area (Å²) in [6.07, 6.45) is 12.2. The minimum absolute atomic E-state index is 0.0688. The first-order chi connectivity index (χ1) is 21.7. The second kappa shape index (κ2) is 19.6. The van der Waals surface area contributed by atoms with E-state index in [1.807, 2.05) is 58.9 Å². The molecular weight excluding hydrogens is 593 g/mol. The molecule has 46 heavy (non-hydrogen) atoms. The number of rotatable bonds is 22. The van der Waals surface area contributed by atoms with Crippen molar-refractivity contribution in [1.82, 2.24) is 0 Å². The van der Waals surface area contributed by atoms with Gasteiger partial charge in [0.15, 0.2) is 14.1 Å². The normalized spacial score (nSPS) is 22.2. The Morgan fingerprint density at radius 3 is 2.07 bits per heavy atom. The monoisotopic (exact) mass is 660 g/mol. The summed E-state index contributed by atoms with van der Waals surface area (Å²) in [6.45, 7) is 21.6. The lowest BCUT2D eigenvalue weighted by Crippen LogP contribution is -2.46. The summed E-state index contributed by atoms with van der Waals surface area (Å²) in [5.41, 5.74) is 0.785. The number of hydrogen-bond donors (Lipinski definition) is 2. The van der Waals surface area contributed by atoms with Gasteiger partial charge in [0.2, 0.25) is 0 Å². The van der Waals surface area contributed by atoms with Crippen molar-refractivity contribution in [3.05, 3.63) is 60.2 Å². The predicted octanol–water partition coefficient (Wildman–Crippen LogP) is 9.36. The number of aliphatic hydroxyl groups excluding tert-OH is 2. The topological polar surface area (TPSA) is 77.4 Å². The Labute approximate surface area is 283 Å². The van der Waals surface area contributed by atoms with Crippen molar-refractivity contribution in [2.75, 3.05) is 0 Å². The lowest BCUT2D eigenvalue weighted by atomic mass is 9.83. The van der Waals surface area contributed by atoms with Gasteiger partial charge in [-0.25, -0.2) is 0 Å². The van der Waals surface area contributed by atoms with E-state index in [-0.39, 0.29) is 30.1 Å². The van der Waals surface area contributed by atoms with Crippen LogP contribution in [0.5, 0.6) is 0 Å². The van der Waals surface area contributed by atoms with Gasteiger partial charge in [-0.1, -0.05) is 103 Å². The third-order valence-corrected chi connectivity index (χ3v) is 14.7. The third-order valence-electron chi connectivity index (χ3n) is 10.00. The van der Waals surface area contributed by atoms with Gasteiger partial charge in [0, 0.05) is 11.8 Å². The molecule has 264 valence electrons. The molecule has 7 heteroatoms. The van der Waals surface area contributed by atoms with Crippen LogP contribution in [-0.4, -0.2) is 60.4 Å². The Kier molecular flexibility index (Phi) is 17.4. The molecule has 0 radical (unpaired) electrons. The first-order valence-corrected chi connectivity index (χ1v) is 20.7. The zero-order valence-corrected chi connectivity index (χ0v) is 31.8. The standard InChI is InChI=1S/C39H68O6Si/c1-11-22-33(42-29-32-23-16-15-17-24-32)25-18-20-27-35(44-46(12-2,13-3)14-4)31(6)37(41)30(5)34(40)26-19-21-28-36-38(7,8)45-39(9,10)43-36/h15-18,21,23-25,28,30-31,33-37,40-41H,11-14,19-20,22,26-27,29H2,1-10H3/b25-18+,28-21+/t30-,31-,33+,34+,35-,36?,37-/m1/s1. The quantitative estimate of drug-likeness (QED) is 0.0954. The Balaban J connectivity index is 2.02. The average Bonchev–Trinajstić information content (AvgIpc) is 3.26. The molecule has 7 atom stereocenters. The Hall–Kier alpha value is -1.32. The summed E-state index contributed by atoms with van der Waals surface area (Å²) in [4.78, 5) is 0. The molecule has 1 aromatic carbocycles. The first-order valence-electron chi connectivity index (χ1n) is 18.1. The summed E-state index contributed by atoms with van der Waals surface area (Å²) in [5.74, 6) is -0.979. The molecule has 0 aromatic heterocycles. The van der Waals surface area contributed by atoms with Crippen LogP contribution in [0.4, 0.5) is 0 Å². The fraction of sp³-hybridized carbons (Fsp3) is 0.744. The van der Waals surface area contributed by atoms with Crippen molar-refractivity contribution in [2.45, 2.75) is 174 Å². The largest absolute Gasteiger partial charge is 0.414 e. The highest BCUT2D eigenvalue weighted by Gasteiger charge is 2.45. The number of allylic oxidation sites excluding steroid dienone is 2. The molecule has 0 saturated carbocycles. The predicted molar refractivity (Wildman–Crippen MR) is 193 cm³/mol. The van der Waals surface area contributed by atoms with Gasteiger partial charge in [0.1, 0.15) is 6.10 Å². The van der Waals surface area contributed by atoms with Gasteiger partial charge >= 0.3 is 0 Å². The van der Waals surface area contributed by atoms with E-state index in [0.717, 1.165) is 43.8 Å². The van der Waals surface area contributed by atoms with Gasteiger partial charge in [0.05, 0.1) is 36.6 Å². The molecule has 1 unspecified atom stereocenters. The number of hydrogen-bond acceptors (Lipinski definition) is 6. The van der Waals surface area contributed by atoms with Crippen molar-refractivity contribution >= 4 is 8.32 Å². The maximum Gasteiger partial charge on any atom is 0.192 e. The van der Waals surface area contributed by atoms with Crippen molar-refractivity contribution in [3.8, 4) is 0 Å². The van der Waals surface area contributed by atoms with Crippen molar-refractivity contribution in [2.24, 2.45) is 11.8 Å². The fourth-order valence-corrected chi connectivity index (χ4v) is 9.64. The van der Waals surface area contributed by atoms with Crippen molar-refractivity contribution in [3.63, 3.8) is 0 Å². The van der Waals surface area contributed by atoms with Crippen LogP contribution in [0, 0.1) is 11.8 Å². The van der Waals surface area contributed by atoms with Gasteiger partial charge in [-0.3, -0.25) is 0 Å². The molecule has 1 fully saturated rings. The van der Waals surface area contributed by atoms with Gasteiger partial charge in [-0.05, 0) is 83.5 Å². The number of aliphatic hydroxyl groups is 2. The molecule has 1 aromatic rings. The Bertz CT molecular complexity index is 1010. The van der Waals surface area contributed by atoms with E-state index in [9.17, 15) is 10.2 Å². The van der Waals surface area contributed by atoms with Crippen LogP contribution in [0.15, 0.2) is 54.6 Å². The third kappa shape index (κ3) is 12.9. The molecular formula is C39H68O6Si. The summed E-state index contributed by atoms with van der Waals surface area (Å²) in [6, 6.07) is 13.5. The highest BCUT2D eigenvalue weighted by atomic mass is 28.4. The van der Waals surface area contributed by atoms with Gasteiger partial charge < -0.3 is 28.8 Å². The summed E-state index contributed by atoms with van der Waals surface area (Å²) < 4.78 is 25.3. The van der Waals surface area contributed by atoms with Crippen LogP contribution in [0.3, 0.4) is 0 Å². The van der Waals surface area contributed by atoms with E-state index < -0.39 is 31.9 Å². The highest BCUT2D eigenvalue weighted by molar-refractivity contribution is 6.73. The molecule has 1 heterocycles. The lowest BCUT2D eigenvalue weighted by molar-refractivity contribution is -0.155. The SMILES string of the molecule is CCC[C@@H](/C=C/CC[C@@H](O[Si](CC)(CC)CC)[C@@H](C)[C@H](O)[C@H](C)[C@@H](O)CC/C=C/C1OC(C)(C)OC1(C)C)OCc1ccccc1. The zero-order valence-electron chi connectivity index (χ0n) is 30.8. The summed E-state index contributed by atoms with van der Waals surface area (Å²) in [7, 11) is -1.91. The smallest absolute Gasteiger partial charge is 0.192 e. The molecule has 6 nitrogen and oxygen atoms in total. The Morgan fingerprint density at radius 2 is 1.50 bits per heavy atom. The highest BCUT2D eigenvalue weighted by Crippen LogP contribution is 2.37. The van der Waals surface area contributed by atoms with Crippen LogP contribution in [0.2, 0.25) is 18.1 Å². The van der Waals surface area contributed by atoms with E-state index in [2.05, 4.69) is 65.0 Å². The second-order valence-electron chi connectivity index (χ2n) is 14.5. The van der Waals surface area contributed by atoms with Crippen molar-refractivity contribution in [1.29, 1.82) is 0 Å². The fourth-order valence-electron chi connectivity index (χ4n) is 6.67. The molecule has 2 N–H and O–H groups in total. The molecule has 0 bridgehead atoms. The van der Waals surface area contributed by atoms with E-state index in [1.165, 1.54) is 5.56 Å². The number of benzene rings is 1. The minimum Gasteiger partial charge on any atom is -0.414 e. The van der Waals surface area contributed by atoms with E-state index >= 15 is 0 Å². The zero-order chi connectivity index (χ0) is 34.4. The molecule has 0 spiro atoms. The molecule has 0 aliphatic carbocycles. The number of ether oxygens (including phenoxy) is 3. The lowest BCUT2D eigenvalue weighted by Gasteiger charge is -2.39. The van der Waals surface area contributed by atoms with Gasteiger partial charge in [-0.15, -0.1) is 0 Å². The second-order valence-corrected chi connectivity index (χ2v) is 19.2. The maximum atomic E-state index is 11.6. The molecule has 1 saturated heterocycles. The molecule has 1 aliphatic rings. The average molecular weight is 661 g/mol. The van der Waals surface area contributed by atoms with E-state index in [1.54, 1.807) is 0 Å². The van der Waals surface area contributed by atoms with Crippen molar-refractivity contribution < 1.29 is 28.8 Å². The van der Waals surface area contributed by atoms with E-state index in [0.29, 0.717) is 19.4 Å². The van der Waals surface area contributed by atoms with Crippen LogP contribution in [0.25, 0.3) is 0 Å². The molecule has 2 rings (SSSR count). The first kappa shape index (κ1) is 40.9. The van der Waals surface area contributed by atoms with Crippen LogP contribution < -0.4 is 0 Å². The summed E-state index contributed by atoms with van der Waals surface area (Å²) in [5, 5.41) is 22.7. The van der Waals surface area contributed by atoms with Crippen LogP contribution >= 0.6 is 0 Å². The van der Waals surface area contributed by atoms with Crippen LogP contribution in [0.1, 0.15) is 113 Å². The van der Waals surface area contributed by atoms with E-state index in [4.69, 9.17) is 18.6 Å². The molecule has 0 amide bonds. The Morgan fingerprint density at radius 1 is 0.870 bits per heavy atom. The summed E-state index contributed by atoms with van der Waals surface area (Å²) >= 11 is 0. The molecule has 1 aliphatic heterocycles. The minimum atomic E-state index is -1.91. The van der Waals surface area contributed by atoms with Gasteiger partial charge in [-0.2, -0.15) is 0 Å². The van der Waals surface area contributed by atoms with Crippen LogP contribution in [-0.2, 0) is 25.2 Å². The van der Waals surface area contributed by atoms with Gasteiger partial charge in [0.25, 0.3) is 0 Å².